The van der Waals surface area contributed by atoms with Crippen molar-refractivity contribution >= 4 is 33.7 Å². The fourth-order valence-corrected chi connectivity index (χ4v) is 2.88. The number of methoxy groups -OCH3 is 1. The van der Waals surface area contributed by atoms with Gasteiger partial charge in [0.2, 0.25) is 0 Å². The molecule has 0 aliphatic carbocycles. The predicted octanol–water partition coefficient (Wildman–Crippen LogP) is 2.72. The molecule has 2 aromatic rings. The van der Waals surface area contributed by atoms with Crippen LogP contribution in [0.4, 0.5) is 10.8 Å². The zero-order valence-corrected chi connectivity index (χ0v) is 10.7. The largest absolute Gasteiger partial charge is 0.490 e. The molecule has 2 aromatic heterocycles. The summed E-state index contributed by atoms with van der Waals surface area (Å²) in [5.41, 5.74) is 8.26. The Hall–Kier alpha value is -1.27. The molecule has 3 N–H and O–H groups in total. The number of hydrogen-bond acceptors (Lipinski definition) is 6. The summed E-state index contributed by atoms with van der Waals surface area (Å²) in [4.78, 5) is 0. The molecular weight excluding hydrogens is 242 g/mol. The topological polar surface area (TPSA) is 60.2 Å². The van der Waals surface area contributed by atoms with Crippen molar-refractivity contribution in [3.63, 3.8) is 0 Å². The van der Waals surface area contributed by atoms with Crippen LogP contribution in [0.3, 0.4) is 0 Å². The number of hydrogen-bond donors (Lipinski definition) is 2. The molecule has 0 aliphatic rings. The Labute approximate surface area is 102 Å². The Balaban J connectivity index is 2.07. The van der Waals surface area contributed by atoms with Gasteiger partial charge in [-0.05, 0) is 40.3 Å². The first kappa shape index (κ1) is 11.2. The Morgan fingerprint density at radius 3 is 2.94 bits per heavy atom. The summed E-state index contributed by atoms with van der Waals surface area (Å²) in [6.07, 6.45) is 0. The van der Waals surface area contributed by atoms with Crippen LogP contribution < -0.4 is 15.8 Å². The van der Waals surface area contributed by atoms with E-state index in [1.54, 1.807) is 18.4 Å². The Bertz CT molecular complexity index is 478. The highest BCUT2D eigenvalue weighted by atomic mass is 32.1. The average Bonchev–Trinajstić information content (AvgIpc) is 2.82. The lowest BCUT2D eigenvalue weighted by molar-refractivity contribution is 0.419. The van der Waals surface area contributed by atoms with Crippen molar-refractivity contribution in [1.29, 1.82) is 0 Å². The van der Waals surface area contributed by atoms with Crippen molar-refractivity contribution in [3.8, 4) is 5.75 Å². The van der Waals surface area contributed by atoms with Crippen molar-refractivity contribution in [3.05, 3.63) is 21.9 Å². The molecular formula is C10H13N3OS2. The second-order valence-corrected chi connectivity index (χ2v) is 4.88. The van der Waals surface area contributed by atoms with Gasteiger partial charge < -0.3 is 15.8 Å². The fourth-order valence-electron chi connectivity index (χ4n) is 1.35. The van der Waals surface area contributed by atoms with Gasteiger partial charge in [0, 0.05) is 6.54 Å². The molecule has 0 atom stereocenters. The van der Waals surface area contributed by atoms with Crippen molar-refractivity contribution in [2.75, 3.05) is 18.2 Å². The summed E-state index contributed by atoms with van der Waals surface area (Å²) in [6, 6.07) is 0. The van der Waals surface area contributed by atoms with Gasteiger partial charge >= 0.3 is 0 Å². The summed E-state index contributed by atoms with van der Waals surface area (Å²) < 4.78 is 9.22. The van der Waals surface area contributed by atoms with Crippen LogP contribution in [0.5, 0.6) is 5.75 Å². The van der Waals surface area contributed by atoms with E-state index < -0.39 is 0 Å². The monoisotopic (exact) mass is 255 g/mol. The molecule has 0 saturated carbocycles. The molecule has 0 fully saturated rings. The van der Waals surface area contributed by atoms with Gasteiger partial charge in [-0.2, -0.15) is 15.7 Å². The molecule has 16 heavy (non-hydrogen) atoms. The minimum atomic E-state index is 0.442. The van der Waals surface area contributed by atoms with Crippen LogP contribution in [0.2, 0.25) is 0 Å². The third kappa shape index (κ3) is 2.12. The van der Waals surface area contributed by atoms with Crippen LogP contribution in [0.25, 0.3) is 0 Å². The van der Waals surface area contributed by atoms with Gasteiger partial charge in [0.25, 0.3) is 0 Å². The van der Waals surface area contributed by atoms with E-state index in [1.807, 2.05) is 0 Å². The summed E-state index contributed by atoms with van der Waals surface area (Å²) in [7, 11) is 1.60. The van der Waals surface area contributed by atoms with E-state index >= 15 is 0 Å². The summed E-state index contributed by atoms with van der Waals surface area (Å²) in [5.74, 6) is 1.08. The van der Waals surface area contributed by atoms with Gasteiger partial charge in [0.05, 0.1) is 7.11 Å². The molecule has 86 valence electrons. The first-order valence-corrected chi connectivity index (χ1v) is 6.48. The summed E-state index contributed by atoms with van der Waals surface area (Å²) in [5, 5.41) is 8.44. The smallest absolute Gasteiger partial charge is 0.197 e. The first-order chi connectivity index (χ1) is 7.72. The predicted molar refractivity (Wildman–Crippen MR) is 69.5 cm³/mol. The maximum Gasteiger partial charge on any atom is 0.197 e. The van der Waals surface area contributed by atoms with E-state index in [2.05, 4.69) is 27.4 Å². The van der Waals surface area contributed by atoms with Crippen LogP contribution in [0.15, 0.2) is 10.8 Å². The molecule has 0 saturated heterocycles. The summed E-state index contributed by atoms with van der Waals surface area (Å²) in [6.45, 7) is 2.87. The van der Waals surface area contributed by atoms with Crippen molar-refractivity contribution in [2.45, 2.75) is 13.5 Å². The Kier molecular flexibility index (Phi) is 3.31. The Morgan fingerprint density at radius 1 is 1.50 bits per heavy atom. The number of nitrogens with two attached hydrogens (primary N) is 1. The van der Waals surface area contributed by atoms with Crippen LogP contribution in [0, 0.1) is 6.92 Å². The third-order valence-corrected chi connectivity index (χ3v) is 3.99. The van der Waals surface area contributed by atoms with Gasteiger partial charge in [0.1, 0.15) is 0 Å². The summed E-state index contributed by atoms with van der Waals surface area (Å²) >= 11 is 3.03. The third-order valence-electron chi connectivity index (χ3n) is 2.28. The molecule has 0 aromatic carbocycles. The highest BCUT2D eigenvalue weighted by molar-refractivity contribution is 7.11. The number of aromatic nitrogens is 1. The lowest BCUT2D eigenvalue weighted by atomic mass is 10.2. The van der Waals surface area contributed by atoms with Crippen molar-refractivity contribution in [2.24, 2.45) is 0 Å². The van der Waals surface area contributed by atoms with Crippen LogP contribution in [-0.2, 0) is 6.54 Å². The normalized spacial score (nSPS) is 10.4. The number of ether oxygens (including phenoxy) is 1. The second kappa shape index (κ2) is 4.71. The van der Waals surface area contributed by atoms with Gasteiger partial charge in [0.15, 0.2) is 16.6 Å². The molecule has 6 heteroatoms. The van der Waals surface area contributed by atoms with E-state index in [-0.39, 0.29) is 0 Å². The van der Waals surface area contributed by atoms with E-state index in [0.717, 1.165) is 11.5 Å². The zero-order chi connectivity index (χ0) is 11.5. The molecule has 0 bridgehead atoms. The number of nitrogen functional groups attached to an aromatic ring is 1. The van der Waals surface area contributed by atoms with E-state index in [0.29, 0.717) is 11.6 Å². The standard InChI is InChI=1S/C10H13N3OS2/c1-6-4-15-5-7(6)3-12-10-8(14-2)9(11)13-16-10/h4-5,12H,3H2,1-2H3,(H2,11,13). The fraction of sp³-hybridized carbons (Fsp3) is 0.300. The van der Waals surface area contributed by atoms with Crippen LogP contribution >= 0.6 is 22.9 Å². The van der Waals surface area contributed by atoms with Gasteiger partial charge in [-0.1, -0.05) is 0 Å². The van der Waals surface area contributed by atoms with Gasteiger partial charge in [-0.25, -0.2) is 0 Å². The SMILES string of the molecule is COc1c(N)nsc1NCc1cscc1C. The zero-order valence-electron chi connectivity index (χ0n) is 9.11. The van der Waals surface area contributed by atoms with Crippen LogP contribution in [-0.4, -0.2) is 11.5 Å². The van der Waals surface area contributed by atoms with E-state index in [9.17, 15) is 0 Å². The number of rotatable bonds is 4. The minimum Gasteiger partial charge on any atom is -0.490 e. The molecule has 2 rings (SSSR count). The van der Waals surface area contributed by atoms with Crippen LogP contribution in [0.1, 0.15) is 11.1 Å². The quantitative estimate of drug-likeness (QED) is 0.882. The molecule has 4 nitrogen and oxygen atoms in total. The van der Waals surface area contributed by atoms with E-state index in [1.165, 1.54) is 22.7 Å². The molecule has 2 heterocycles. The maximum absolute atomic E-state index is 5.67. The number of thiophene rings is 1. The number of anilines is 2. The number of nitrogens with one attached hydrogen (secondary N) is 1. The molecule has 0 amide bonds. The highest BCUT2D eigenvalue weighted by Gasteiger charge is 2.11. The van der Waals surface area contributed by atoms with Gasteiger partial charge in [-0.3, -0.25) is 0 Å². The molecule has 0 unspecified atom stereocenters. The maximum atomic E-state index is 5.67. The van der Waals surface area contributed by atoms with Gasteiger partial charge in [-0.15, -0.1) is 0 Å². The molecule has 0 aliphatic heterocycles. The molecule has 0 radical (unpaired) electrons. The number of aryl methyl sites for hydroxylation is 1. The average molecular weight is 255 g/mol. The second-order valence-electron chi connectivity index (χ2n) is 3.36. The minimum absolute atomic E-state index is 0.442. The van der Waals surface area contributed by atoms with Crippen molar-refractivity contribution < 1.29 is 4.74 Å². The first-order valence-electron chi connectivity index (χ1n) is 4.77. The molecule has 0 spiro atoms. The Morgan fingerprint density at radius 2 is 2.31 bits per heavy atom. The lowest BCUT2D eigenvalue weighted by Crippen LogP contribution is -1.99. The van der Waals surface area contributed by atoms with Crippen molar-refractivity contribution in [1.82, 2.24) is 4.37 Å². The lowest BCUT2D eigenvalue weighted by Gasteiger charge is -2.05. The van der Waals surface area contributed by atoms with E-state index in [4.69, 9.17) is 10.5 Å². The number of nitrogens with zero attached hydrogens (tertiary/aromatic N) is 1. The highest BCUT2D eigenvalue weighted by Crippen LogP contribution is 2.35.